The molecule has 0 fully saturated rings. The summed E-state index contributed by atoms with van der Waals surface area (Å²) in [7, 11) is 2.00. The molecule has 2 aromatic carbocycles. The fraction of sp³-hybridized carbons (Fsp3) is 0.188. The molecule has 0 unspecified atom stereocenters. The second-order valence-corrected chi connectivity index (χ2v) is 4.91. The van der Waals surface area contributed by atoms with E-state index >= 15 is 0 Å². The van der Waals surface area contributed by atoms with Crippen molar-refractivity contribution in [3.8, 4) is 5.75 Å². The Balaban J connectivity index is 1.79. The lowest BCUT2D eigenvalue weighted by Gasteiger charge is -2.27. The van der Waals surface area contributed by atoms with Gasteiger partial charge < -0.3 is 15.0 Å². The van der Waals surface area contributed by atoms with E-state index in [-0.39, 0.29) is 11.7 Å². The standard InChI is InChI=1S/C16H15FN2O2/c1-19-8-9-21-15-10-13(6-7-14(15)19)18-16(20)11-2-4-12(17)5-3-11/h2-7,10H,8-9H2,1H3,(H,18,20). The Hall–Kier alpha value is -2.56. The van der Waals surface area contributed by atoms with E-state index in [1.807, 2.05) is 19.2 Å². The zero-order chi connectivity index (χ0) is 14.8. The highest BCUT2D eigenvalue weighted by Gasteiger charge is 2.15. The van der Waals surface area contributed by atoms with Gasteiger partial charge in [-0.1, -0.05) is 0 Å². The Morgan fingerprint density at radius 1 is 1.24 bits per heavy atom. The van der Waals surface area contributed by atoms with E-state index in [0.717, 1.165) is 18.0 Å². The van der Waals surface area contributed by atoms with E-state index in [2.05, 4.69) is 10.2 Å². The van der Waals surface area contributed by atoms with Crippen LogP contribution in [0.5, 0.6) is 5.75 Å². The number of nitrogens with zero attached hydrogens (tertiary/aromatic N) is 1. The Morgan fingerprint density at radius 3 is 2.76 bits per heavy atom. The summed E-state index contributed by atoms with van der Waals surface area (Å²) in [5.41, 5.74) is 2.06. The lowest BCUT2D eigenvalue weighted by Crippen LogP contribution is -2.28. The maximum Gasteiger partial charge on any atom is 0.255 e. The number of hydrogen-bond donors (Lipinski definition) is 1. The molecule has 108 valence electrons. The van der Waals surface area contributed by atoms with Gasteiger partial charge >= 0.3 is 0 Å². The first-order valence-corrected chi connectivity index (χ1v) is 6.68. The predicted octanol–water partition coefficient (Wildman–Crippen LogP) is 2.91. The SMILES string of the molecule is CN1CCOc2cc(NC(=O)c3ccc(F)cc3)ccc21. The van der Waals surface area contributed by atoms with Gasteiger partial charge in [0.05, 0.1) is 12.2 Å². The number of carbonyl (C=O) groups excluding carboxylic acids is 1. The van der Waals surface area contributed by atoms with E-state index < -0.39 is 0 Å². The number of fused-ring (bicyclic) bond motifs is 1. The largest absolute Gasteiger partial charge is 0.489 e. The second-order valence-electron chi connectivity index (χ2n) is 4.91. The quantitative estimate of drug-likeness (QED) is 0.923. The lowest BCUT2D eigenvalue weighted by molar-refractivity contribution is 0.102. The number of carbonyl (C=O) groups is 1. The third-order valence-corrected chi connectivity index (χ3v) is 3.42. The third-order valence-electron chi connectivity index (χ3n) is 3.42. The molecule has 2 aromatic rings. The minimum Gasteiger partial charge on any atom is -0.489 e. The van der Waals surface area contributed by atoms with Crippen molar-refractivity contribution in [2.24, 2.45) is 0 Å². The van der Waals surface area contributed by atoms with Crippen molar-refractivity contribution >= 4 is 17.3 Å². The van der Waals surface area contributed by atoms with Crippen molar-refractivity contribution in [1.82, 2.24) is 0 Å². The molecule has 0 atom stereocenters. The van der Waals surface area contributed by atoms with Gasteiger partial charge in [-0.15, -0.1) is 0 Å². The number of anilines is 2. The summed E-state index contributed by atoms with van der Waals surface area (Å²) >= 11 is 0. The molecule has 4 nitrogen and oxygen atoms in total. The van der Waals surface area contributed by atoms with Crippen LogP contribution in [-0.4, -0.2) is 26.1 Å². The van der Waals surface area contributed by atoms with Crippen LogP contribution in [0, 0.1) is 5.82 Å². The van der Waals surface area contributed by atoms with Gasteiger partial charge in [0, 0.05) is 24.4 Å². The molecule has 0 bridgehead atoms. The number of halogens is 1. The number of hydrogen-bond acceptors (Lipinski definition) is 3. The summed E-state index contributed by atoms with van der Waals surface area (Å²) in [5, 5.41) is 2.78. The summed E-state index contributed by atoms with van der Waals surface area (Å²) in [6.07, 6.45) is 0. The van der Waals surface area contributed by atoms with Crippen molar-refractivity contribution in [3.05, 3.63) is 53.8 Å². The van der Waals surface area contributed by atoms with Crippen LogP contribution >= 0.6 is 0 Å². The van der Waals surface area contributed by atoms with E-state index in [4.69, 9.17) is 4.74 Å². The van der Waals surface area contributed by atoms with Gasteiger partial charge in [-0.05, 0) is 36.4 Å². The molecular formula is C16H15FN2O2. The molecule has 0 saturated carbocycles. The molecule has 0 aromatic heterocycles. The first-order chi connectivity index (χ1) is 10.1. The average molecular weight is 286 g/mol. The molecule has 0 saturated heterocycles. The van der Waals surface area contributed by atoms with Gasteiger partial charge in [0.2, 0.25) is 0 Å². The first kappa shape index (κ1) is 13.4. The molecule has 1 N–H and O–H groups in total. The van der Waals surface area contributed by atoms with Crippen LogP contribution in [0.4, 0.5) is 15.8 Å². The summed E-state index contributed by atoms with van der Waals surface area (Å²) in [6.45, 7) is 1.47. The van der Waals surface area contributed by atoms with Crippen LogP contribution < -0.4 is 15.0 Å². The fourth-order valence-electron chi connectivity index (χ4n) is 2.24. The molecule has 3 rings (SSSR count). The fourth-order valence-corrected chi connectivity index (χ4v) is 2.24. The van der Waals surface area contributed by atoms with E-state index in [1.165, 1.54) is 24.3 Å². The van der Waals surface area contributed by atoms with Gasteiger partial charge in [-0.2, -0.15) is 0 Å². The molecule has 0 spiro atoms. The highest BCUT2D eigenvalue weighted by Crippen LogP contribution is 2.33. The summed E-state index contributed by atoms with van der Waals surface area (Å²) in [6, 6.07) is 11.0. The smallest absolute Gasteiger partial charge is 0.255 e. The molecular weight excluding hydrogens is 271 g/mol. The number of nitrogens with one attached hydrogen (secondary N) is 1. The molecule has 1 heterocycles. The van der Waals surface area contributed by atoms with Crippen LogP contribution in [-0.2, 0) is 0 Å². The first-order valence-electron chi connectivity index (χ1n) is 6.68. The molecule has 1 aliphatic heterocycles. The summed E-state index contributed by atoms with van der Waals surface area (Å²) in [4.78, 5) is 14.2. The summed E-state index contributed by atoms with van der Waals surface area (Å²) < 4.78 is 18.4. The van der Waals surface area contributed by atoms with Crippen LogP contribution in [0.2, 0.25) is 0 Å². The van der Waals surface area contributed by atoms with Gasteiger partial charge in [-0.25, -0.2) is 4.39 Å². The zero-order valence-corrected chi connectivity index (χ0v) is 11.6. The lowest BCUT2D eigenvalue weighted by atomic mass is 10.2. The molecule has 1 amide bonds. The van der Waals surface area contributed by atoms with Gasteiger partial charge in [0.15, 0.2) is 0 Å². The molecule has 21 heavy (non-hydrogen) atoms. The van der Waals surface area contributed by atoms with Crippen LogP contribution in [0.3, 0.4) is 0 Å². The molecule has 0 aliphatic carbocycles. The van der Waals surface area contributed by atoms with Crippen LogP contribution in [0.25, 0.3) is 0 Å². The average Bonchev–Trinajstić information content (AvgIpc) is 2.48. The third kappa shape index (κ3) is 2.81. The zero-order valence-electron chi connectivity index (χ0n) is 11.6. The van der Waals surface area contributed by atoms with E-state index in [9.17, 15) is 9.18 Å². The number of rotatable bonds is 2. The second kappa shape index (κ2) is 5.44. The molecule has 5 heteroatoms. The molecule has 0 radical (unpaired) electrons. The monoisotopic (exact) mass is 286 g/mol. The highest BCUT2D eigenvalue weighted by atomic mass is 19.1. The Bertz CT molecular complexity index is 670. The van der Waals surface area contributed by atoms with E-state index in [0.29, 0.717) is 17.9 Å². The van der Waals surface area contributed by atoms with Crippen molar-refractivity contribution in [2.45, 2.75) is 0 Å². The van der Waals surface area contributed by atoms with Crippen molar-refractivity contribution in [3.63, 3.8) is 0 Å². The topological polar surface area (TPSA) is 41.6 Å². The predicted molar refractivity (Wildman–Crippen MR) is 79.6 cm³/mol. The number of benzene rings is 2. The Labute approximate surface area is 122 Å². The Morgan fingerprint density at radius 2 is 2.00 bits per heavy atom. The van der Waals surface area contributed by atoms with E-state index in [1.54, 1.807) is 6.07 Å². The number of amides is 1. The molecule has 1 aliphatic rings. The number of ether oxygens (including phenoxy) is 1. The van der Waals surface area contributed by atoms with Crippen molar-refractivity contribution < 1.29 is 13.9 Å². The van der Waals surface area contributed by atoms with Crippen molar-refractivity contribution in [1.29, 1.82) is 0 Å². The van der Waals surface area contributed by atoms with Crippen LogP contribution in [0.1, 0.15) is 10.4 Å². The minimum absolute atomic E-state index is 0.279. The number of likely N-dealkylation sites (N-methyl/N-ethyl adjacent to an activating group) is 1. The normalized spacial score (nSPS) is 13.3. The van der Waals surface area contributed by atoms with Crippen LogP contribution in [0.15, 0.2) is 42.5 Å². The maximum absolute atomic E-state index is 12.8. The maximum atomic E-state index is 12.8. The van der Waals surface area contributed by atoms with Gasteiger partial charge in [0.25, 0.3) is 5.91 Å². The van der Waals surface area contributed by atoms with Crippen molar-refractivity contribution in [2.75, 3.05) is 30.4 Å². The summed E-state index contributed by atoms with van der Waals surface area (Å²) in [5.74, 6) is 0.108. The minimum atomic E-state index is -0.364. The van der Waals surface area contributed by atoms with Gasteiger partial charge in [0.1, 0.15) is 18.2 Å². The Kier molecular flexibility index (Phi) is 3.48. The van der Waals surface area contributed by atoms with Gasteiger partial charge in [-0.3, -0.25) is 4.79 Å². The highest BCUT2D eigenvalue weighted by molar-refractivity contribution is 6.04.